The van der Waals surface area contributed by atoms with Crippen LogP contribution in [0.3, 0.4) is 0 Å². The van der Waals surface area contributed by atoms with Gasteiger partial charge in [0.1, 0.15) is 11.6 Å². The summed E-state index contributed by atoms with van der Waals surface area (Å²) in [5.74, 6) is 1.36. The minimum Gasteiger partial charge on any atom is -0.383 e. The molecular formula is C25H22N8. The summed E-state index contributed by atoms with van der Waals surface area (Å²) >= 11 is 0. The predicted molar refractivity (Wildman–Crippen MR) is 131 cm³/mol. The van der Waals surface area contributed by atoms with Gasteiger partial charge in [-0.1, -0.05) is 24.3 Å². The molecule has 0 spiro atoms. The van der Waals surface area contributed by atoms with E-state index in [0.717, 1.165) is 44.0 Å². The Morgan fingerprint density at radius 2 is 1.79 bits per heavy atom. The Balaban J connectivity index is 1.25. The summed E-state index contributed by atoms with van der Waals surface area (Å²) in [5.41, 5.74) is 10.3. The van der Waals surface area contributed by atoms with Gasteiger partial charge in [-0.3, -0.25) is 9.36 Å². The van der Waals surface area contributed by atoms with Crippen molar-refractivity contribution >= 4 is 44.2 Å². The molecule has 0 aliphatic rings. The first-order valence-electron chi connectivity index (χ1n) is 10.7. The fraction of sp³-hybridized carbons (Fsp3) is 0.120. The average Bonchev–Trinajstić information content (AvgIpc) is 3.41. The smallest absolute Gasteiger partial charge is 0.137 e. The van der Waals surface area contributed by atoms with Crippen LogP contribution in [-0.2, 0) is 20.1 Å². The van der Waals surface area contributed by atoms with Crippen LogP contribution in [0, 0.1) is 0 Å². The molecule has 0 atom stereocenters. The first-order chi connectivity index (χ1) is 16.1. The van der Waals surface area contributed by atoms with Crippen molar-refractivity contribution in [3.8, 4) is 0 Å². The standard InChI is InChI=1S/C25H22N8/c1-32-23-11-17(2-4-19(23)13-30-32)14-33-15-21-22(31-33)7-9-28-25(21)29-12-16-3-5-20-18(10-16)6-8-27-24(20)26/h2-11,13,15H,12,14H2,1H3,(H2,26,27)(H,28,29). The lowest BCUT2D eigenvalue weighted by atomic mass is 10.1. The molecular weight excluding hydrogens is 412 g/mol. The number of benzene rings is 2. The number of nitrogen functional groups attached to an aromatic ring is 1. The second-order valence-corrected chi connectivity index (χ2v) is 8.19. The van der Waals surface area contributed by atoms with Gasteiger partial charge in [-0.05, 0) is 40.8 Å². The van der Waals surface area contributed by atoms with Crippen molar-refractivity contribution in [3.05, 3.63) is 84.4 Å². The minimum absolute atomic E-state index is 0.549. The molecule has 33 heavy (non-hydrogen) atoms. The Morgan fingerprint density at radius 1 is 0.909 bits per heavy atom. The summed E-state index contributed by atoms with van der Waals surface area (Å²) in [7, 11) is 1.96. The van der Waals surface area contributed by atoms with E-state index < -0.39 is 0 Å². The molecule has 2 aromatic carbocycles. The predicted octanol–water partition coefficient (Wildman–Crippen LogP) is 4.11. The molecule has 0 amide bonds. The molecule has 4 heterocycles. The molecule has 0 aliphatic heterocycles. The first-order valence-corrected chi connectivity index (χ1v) is 10.7. The maximum Gasteiger partial charge on any atom is 0.137 e. The number of aryl methyl sites for hydroxylation is 1. The van der Waals surface area contributed by atoms with Gasteiger partial charge in [0.25, 0.3) is 0 Å². The lowest BCUT2D eigenvalue weighted by Gasteiger charge is -2.08. The largest absolute Gasteiger partial charge is 0.383 e. The highest BCUT2D eigenvalue weighted by Gasteiger charge is 2.09. The van der Waals surface area contributed by atoms with Crippen LogP contribution in [0.1, 0.15) is 11.1 Å². The van der Waals surface area contributed by atoms with Gasteiger partial charge in [0, 0.05) is 43.0 Å². The molecule has 162 valence electrons. The Hall–Kier alpha value is -4.46. The molecule has 8 heteroatoms. The normalized spacial score (nSPS) is 11.5. The van der Waals surface area contributed by atoms with Crippen molar-refractivity contribution in [3.63, 3.8) is 0 Å². The molecule has 0 saturated carbocycles. The number of anilines is 2. The third-order valence-corrected chi connectivity index (χ3v) is 5.96. The number of aromatic nitrogens is 6. The first kappa shape index (κ1) is 19.2. The van der Waals surface area contributed by atoms with E-state index in [9.17, 15) is 0 Å². The molecule has 0 aliphatic carbocycles. The quantitative estimate of drug-likeness (QED) is 0.424. The minimum atomic E-state index is 0.549. The highest BCUT2D eigenvalue weighted by atomic mass is 15.3. The Labute approximate surface area is 189 Å². The van der Waals surface area contributed by atoms with Gasteiger partial charge in [-0.15, -0.1) is 0 Å². The number of nitrogens with zero attached hydrogens (tertiary/aromatic N) is 6. The second kappa shape index (κ2) is 7.59. The van der Waals surface area contributed by atoms with Crippen molar-refractivity contribution in [2.75, 3.05) is 11.1 Å². The van der Waals surface area contributed by atoms with Crippen LogP contribution in [0.25, 0.3) is 32.6 Å². The average molecular weight is 435 g/mol. The van der Waals surface area contributed by atoms with Crippen LogP contribution in [0.2, 0.25) is 0 Å². The van der Waals surface area contributed by atoms with Crippen molar-refractivity contribution in [2.45, 2.75) is 13.1 Å². The summed E-state index contributed by atoms with van der Waals surface area (Å²) in [6.45, 7) is 1.32. The molecule has 4 aromatic heterocycles. The SMILES string of the molecule is Cn1ncc2ccc(Cn3cc4c(NCc5ccc6c(N)nccc6c5)nccc4n3)cc21. The summed E-state index contributed by atoms with van der Waals surface area (Å²) in [5, 5.41) is 16.7. The maximum atomic E-state index is 5.97. The van der Waals surface area contributed by atoms with Gasteiger partial charge in [0.2, 0.25) is 0 Å². The molecule has 3 N–H and O–H groups in total. The summed E-state index contributed by atoms with van der Waals surface area (Å²) in [4.78, 5) is 8.71. The van der Waals surface area contributed by atoms with E-state index in [0.29, 0.717) is 18.9 Å². The Morgan fingerprint density at radius 3 is 2.73 bits per heavy atom. The zero-order valence-electron chi connectivity index (χ0n) is 18.1. The number of hydrogen-bond donors (Lipinski definition) is 2. The van der Waals surface area contributed by atoms with E-state index in [1.54, 1.807) is 12.4 Å². The van der Waals surface area contributed by atoms with E-state index >= 15 is 0 Å². The van der Waals surface area contributed by atoms with E-state index in [2.05, 4.69) is 50.7 Å². The lowest BCUT2D eigenvalue weighted by Crippen LogP contribution is -2.02. The number of pyridine rings is 2. The number of nitrogens with one attached hydrogen (secondary N) is 1. The van der Waals surface area contributed by atoms with Gasteiger partial charge in [-0.25, -0.2) is 9.97 Å². The van der Waals surface area contributed by atoms with Crippen LogP contribution >= 0.6 is 0 Å². The fourth-order valence-electron chi connectivity index (χ4n) is 4.24. The Kier molecular flexibility index (Phi) is 4.43. The topological polar surface area (TPSA) is 99.5 Å². The van der Waals surface area contributed by atoms with Gasteiger partial charge < -0.3 is 11.1 Å². The van der Waals surface area contributed by atoms with E-state index in [1.165, 1.54) is 5.56 Å². The van der Waals surface area contributed by atoms with Gasteiger partial charge in [0.05, 0.1) is 29.2 Å². The molecule has 0 bridgehead atoms. The van der Waals surface area contributed by atoms with Crippen molar-refractivity contribution in [1.82, 2.24) is 29.5 Å². The van der Waals surface area contributed by atoms with E-state index in [-0.39, 0.29) is 0 Å². The lowest BCUT2D eigenvalue weighted by molar-refractivity contribution is 0.695. The fourth-order valence-corrected chi connectivity index (χ4v) is 4.24. The van der Waals surface area contributed by atoms with Crippen LogP contribution in [0.4, 0.5) is 11.6 Å². The summed E-state index contributed by atoms with van der Waals surface area (Å²) < 4.78 is 3.85. The molecule has 6 aromatic rings. The van der Waals surface area contributed by atoms with Gasteiger partial charge in [-0.2, -0.15) is 10.2 Å². The number of rotatable bonds is 5. The molecule has 0 saturated heterocycles. The van der Waals surface area contributed by atoms with E-state index in [1.807, 2.05) is 47.0 Å². The third kappa shape index (κ3) is 3.51. The highest BCUT2D eigenvalue weighted by molar-refractivity contribution is 5.91. The number of hydrogen-bond acceptors (Lipinski definition) is 6. The van der Waals surface area contributed by atoms with Crippen molar-refractivity contribution < 1.29 is 0 Å². The summed E-state index contributed by atoms with van der Waals surface area (Å²) in [6.07, 6.45) is 7.45. The monoisotopic (exact) mass is 434 g/mol. The second-order valence-electron chi connectivity index (χ2n) is 8.19. The molecule has 0 fully saturated rings. The maximum absolute atomic E-state index is 5.97. The van der Waals surface area contributed by atoms with Gasteiger partial charge >= 0.3 is 0 Å². The van der Waals surface area contributed by atoms with E-state index in [4.69, 9.17) is 10.8 Å². The zero-order valence-corrected chi connectivity index (χ0v) is 18.1. The Bertz CT molecular complexity index is 1630. The molecule has 0 radical (unpaired) electrons. The molecule has 6 rings (SSSR count). The van der Waals surface area contributed by atoms with Crippen LogP contribution in [0.5, 0.6) is 0 Å². The van der Waals surface area contributed by atoms with Crippen molar-refractivity contribution in [1.29, 1.82) is 0 Å². The van der Waals surface area contributed by atoms with Crippen LogP contribution in [-0.4, -0.2) is 29.5 Å². The summed E-state index contributed by atoms with van der Waals surface area (Å²) in [6, 6.07) is 16.5. The third-order valence-electron chi connectivity index (χ3n) is 5.96. The highest BCUT2D eigenvalue weighted by Crippen LogP contribution is 2.24. The molecule has 8 nitrogen and oxygen atoms in total. The number of nitrogens with two attached hydrogens (primary N) is 1. The van der Waals surface area contributed by atoms with Gasteiger partial charge in [0.15, 0.2) is 0 Å². The molecule has 0 unspecified atom stereocenters. The van der Waals surface area contributed by atoms with Crippen molar-refractivity contribution in [2.24, 2.45) is 7.05 Å². The zero-order chi connectivity index (χ0) is 22.4. The van der Waals surface area contributed by atoms with Crippen LogP contribution in [0.15, 0.2) is 73.3 Å². The number of fused-ring (bicyclic) bond motifs is 3. The van der Waals surface area contributed by atoms with Crippen LogP contribution < -0.4 is 11.1 Å².